The zero-order valence-corrected chi connectivity index (χ0v) is 6.62. The first-order valence-electron chi connectivity index (χ1n) is 3.47. The third kappa shape index (κ3) is 1.66. The fraction of sp³-hybridized carbons (Fsp3) is 1.00. The van der Waals surface area contributed by atoms with Gasteiger partial charge in [0.2, 0.25) is 0 Å². The van der Waals surface area contributed by atoms with Crippen LogP contribution in [-0.2, 0) is 0 Å². The van der Waals surface area contributed by atoms with Crippen molar-refractivity contribution in [2.75, 3.05) is 0 Å². The second-order valence-corrected chi connectivity index (χ2v) is 2.63. The molecule has 0 saturated heterocycles. The molecule has 0 radical (unpaired) electrons. The van der Waals surface area contributed by atoms with Crippen LogP contribution in [0.3, 0.4) is 0 Å². The number of hydrogen-bond acceptors (Lipinski definition) is 1. The molecule has 0 amide bonds. The van der Waals surface area contributed by atoms with Crippen molar-refractivity contribution in [1.82, 2.24) is 0 Å². The largest absolute Gasteiger partial charge is 0.384 e. The van der Waals surface area contributed by atoms with Gasteiger partial charge in [0.25, 0.3) is 5.92 Å². The van der Waals surface area contributed by atoms with E-state index in [4.69, 9.17) is 0 Å². The van der Waals surface area contributed by atoms with Crippen molar-refractivity contribution < 1.29 is 13.9 Å². The van der Waals surface area contributed by atoms with Gasteiger partial charge in [-0.2, -0.15) is 0 Å². The number of hydrogen-bond donors (Lipinski definition) is 1. The molecule has 62 valence electrons. The Morgan fingerprint density at radius 3 is 1.50 bits per heavy atom. The summed E-state index contributed by atoms with van der Waals surface area (Å²) >= 11 is 0. The molecule has 10 heavy (non-hydrogen) atoms. The summed E-state index contributed by atoms with van der Waals surface area (Å²) in [6, 6.07) is 0. The van der Waals surface area contributed by atoms with Gasteiger partial charge >= 0.3 is 0 Å². The highest BCUT2D eigenvalue weighted by Crippen LogP contribution is 2.33. The fourth-order valence-electron chi connectivity index (χ4n) is 0.871. The maximum atomic E-state index is 12.5. The third-order valence-electron chi connectivity index (χ3n) is 1.99. The average Bonchev–Trinajstić information content (AvgIpc) is 1.84. The third-order valence-corrected chi connectivity index (χ3v) is 1.99. The van der Waals surface area contributed by atoms with E-state index in [0.717, 1.165) is 6.92 Å². The highest BCUT2D eigenvalue weighted by molar-refractivity contribution is 4.87. The van der Waals surface area contributed by atoms with Crippen LogP contribution in [0.15, 0.2) is 0 Å². The number of halogens is 2. The van der Waals surface area contributed by atoms with Crippen LogP contribution < -0.4 is 0 Å². The molecule has 0 aliphatic carbocycles. The molecule has 0 rings (SSSR count). The van der Waals surface area contributed by atoms with E-state index in [1.807, 2.05) is 0 Å². The lowest BCUT2D eigenvalue weighted by Gasteiger charge is -2.31. The van der Waals surface area contributed by atoms with E-state index in [0.29, 0.717) is 0 Å². The standard InChI is InChI=1S/C7H14F2O/c1-4-7(10,5-2)6(3,8)9/h10H,4-5H2,1-3H3. The van der Waals surface area contributed by atoms with Gasteiger partial charge < -0.3 is 5.11 Å². The number of alkyl halides is 2. The van der Waals surface area contributed by atoms with Crippen LogP contribution in [-0.4, -0.2) is 16.6 Å². The average molecular weight is 152 g/mol. The second kappa shape index (κ2) is 2.82. The normalized spacial score (nSPS) is 13.8. The zero-order chi connectivity index (χ0) is 8.41. The van der Waals surface area contributed by atoms with Crippen molar-refractivity contribution in [3.63, 3.8) is 0 Å². The predicted molar refractivity (Wildman–Crippen MR) is 36.2 cm³/mol. The SMILES string of the molecule is CCC(O)(CC)C(C)(F)F. The maximum Gasteiger partial charge on any atom is 0.273 e. The van der Waals surface area contributed by atoms with E-state index >= 15 is 0 Å². The second-order valence-electron chi connectivity index (χ2n) is 2.63. The van der Waals surface area contributed by atoms with Crippen LogP contribution in [0.4, 0.5) is 8.78 Å². The summed E-state index contributed by atoms with van der Waals surface area (Å²) in [6.45, 7) is 3.86. The quantitative estimate of drug-likeness (QED) is 0.657. The minimum Gasteiger partial charge on any atom is -0.384 e. The molecule has 0 spiro atoms. The molecule has 1 N–H and O–H groups in total. The van der Waals surface area contributed by atoms with Crippen LogP contribution in [0.1, 0.15) is 33.6 Å². The summed E-state index contributed by atoms with van der Waals surface area (Å²) in [5, 5.41) is 9.22. The van der Waals surface area contributed by atoms with Gasteiger partial charge in [0, 0.05) is 6.92 Å². The first-order valence-corrected chi connectivity index (χ1v) is 3.47. The van der Waals surface area contributed by atoms with Gasteiger partial charge in [0.15, 0.2) is 0 Å². The van der Waals surface area contributed by atoms with Crippen LogP contribution in [0.5, 0.6) is 0 Å². The van der Waals surface area contributed by atoms with Gasteiger partial charge in [-0.25, -0.2) is 8.78 Å². The van der Waals surface area contributed by atoms with Crippen LogP contribution in [0.25, 0.3) is 0 Å². The van der Waals surface area contributed by atoms with Crippen LogP contribution in [0, 0.1) is 0 Å². The Balaban J connectivity index is 4.33. The molecular formula is C7H14F2O. The summed E-state index contributed by atoms with van der Waals surface area (Å²) in [5.74, 6) is -2.99. The molecule has 0 aromatic heterocycles. The van der Waals surface area contributed by atoms with Gasteiger partial charge in [-0.1, -0.05) is 13.8 Å². The van der Waals surface area contributed by atoms with Crippen molar-refractivity contribution in [3.8, 4) is 0 Å². The van der Waals surface area contributed by atoms with Gasteiger partial charge in [-0.3, -0.25) is 0 Å². The molecule has 0 heterocycles. The molecular weight excluding hydrogens is 138 g/mol. The van der Waals surface area contributed by atoms with E-state index in [1.54, 1.807) is 13.8 Å². The number of aliphatic hydroxyl groups is 1. The molecule has 0 bridgehead atoms. The first kappa shape index (κ1) is 9.82. The van der Waals surface area contributed by atoms with Crippen molar-refractivity contribution in [2.45, 2.75) is 45.1 Å². The highest BCUT2D eigenvalue weighted by atomic mass is 19.3. The van der Waals surface area contributed by atoms with Crippen molar-refractivity contribution in [1.29, 1.82) is 0 Å². The summed E-state index contributed by atoms with van der Waals surface area (Å²) in [7, 11) is 0. The van der Waals surface area contributed by atoms with E-state index in [-0.39, 0.29) is 12.8 Å². The minimum atomic E-state index is -2.99. The first-order chi connectivity index (χ1) is 4.37. The Morgan fingerprint density at radius 2 is 1.50 bits per heavy atom. The van der Waals surface area contributed by atoms with E-state index < -0.39 is 11.5 Å². The molecule has 0 atom stereocenters. The van der Waals surface area contributed by atoms with E-state index in [9.17, 15) is 13.9 Å². The predicted octanol–water partition coefficient (Wildman–Crippen LogP) is 2.19. The Bertz CT molecular complexity index is 103. The minimum absolute atomic E-state index is 0.0903. The topological polar surface area (TPSA) is 20.2 Å². The lowest BCUT2D eigenvalue weighted by Crippen LogP contribution is -2.44. The van der Waals surface area contributed by atoms with E-state index in [2.05, 4.69) is 0 Å². The zero-order valence-electron chi connectivity index (χ0n) is 6.62. The summed E-state index contributed by atoms with van der Waals surface area (Å²) < 4.78 is 25.0. The molecule has 0 aromatic carbocycles. The van der Waals surface area contributed by atoms with Crippen LogP contribution in [0.2, 0.25) is 0 Å². The van der Waals surface area contributed by atoms with E-state index in [1.165, 1.54) is 0 Å². The van der Waals surface area contributed by atoms with Crippen molar-refractivity contribution in [2.24, 2.45) is 0 Å². The van der Waals surface area contributed by atoms with Gasteiger partial charge in [-0.05, 0) is 12.8 Å². The smallest absolute Gasteiger partial charge is 0.273 e. The monoisotopic (exact) mass is 152 g/mol. The highest BCUT2D eigenvalue weighted by Gasteiger charge is 2.45. The molecule has 0 fully saturated rings. The number of rotatable bonds is 3. The van der Waals surface area contributed by atoms with Crippen LogP contribution >= 0.6 is 0 Å². The van der Waals surface area contributed by atoms with Crippen molar-refractivity contribution >= 4 is 0 Å². The molecule has 0 saturated carbocycles. The Morgan fingerprint density at radius 1 is 1.20 bits per heavy atom. The Kier molecular flexibility index (Phi) is 2.77. The van der Waals surface area contributed by atoms with Gasteiger partial charge in [0.1, 0.15) is 5.60 Å². The summed E-state index contributed by atoms with van der Waals surface area (Å²) in [4.78, 5) is 0. The Labute approximate surface area is 60.1 Å². The molecule has 0 aliphatic heterocycles. The molecule has 3 heteroatoms. The fourth-order valence-corrected chi connectivity index (χ4v) is 0.871. The molecule has 0 aromatic rings. The van der Waals surface area contributed by atoms with Crippen molar-refractivity contribution in [3.05, 3.63) is 0 Å². The van der Waals surface area contributed by atoms with Gasteiger partial charge in [0.05, 0.1) is 0 Å². The van der Waals surface area contributed by atoms with Gasteiger partial charge in [-0.15, -0.1) is 0 Å². The maximum absolute atomic E-state index is 12.5. The summed E-state index contributed by atoms with van der Waals surface area (Å²) in [5.41, 5.74) is -1.81. The molecule has 0 unspecified atom stereocenters. The molecule has 1 nitrogen and oxygen atoms in total. The lowest BCUT2D eigenvalue weighted by molar-refractivity contribution is -0.172. The Hall–Kier alpha value is -0.180. The summed E-state index contributed by atoms with van der Waals surface area (Å²) in [6.07, 6.45) is 0.181. The molecule has 0 aliphatic rings. The lowest BCUT2D eigenvalue weighted by atomic mass is 9.91.